The molecule has 1 heterocycles. The first-order chi connectivity index (χ1) is 15.0. The summed E-state index contributed by atoms with van der Waals surface area (Å²) in [5.74, 6) is 0.290. The molecule has 0 spiro atoms. The largest absolute Gasteiger partial charge is 0.497 e. The van der Waals surface area contributed by atoms with Crippen LogP contribution in [0.25, 0.3) is 11.5 Å². The number of amides is 1. The number of oxazole rings is 1. The van der Waals surface area contributed by atoms with Crippen LogP contribution >= 0.6 is 0 Å². The molecule has 162 valence electrons. The maximum atomic E-state index is 12.6. The second-order valence-electron chi connectivity index (χ2n) is 7.43. The predicted molar refractivity (Wildman–Crippen MR) is 115 cm³/mol. The molecule has 0 aliphatic rings. The predicted octanol–water partition coefficient (Wildman–Crippen LogP) is 3.78. The van der Waals surface area contributed by atoms with Gasteiger partial charge >= 0.3 is 5.97 Å². The van der Waals surface area contributed by atoms with Gasteiger partial charge in [-0.15, -0.1) is 0 Å². The van der Waals surface area contributed by atoms with Crippen molar-refractivity contribution in [2.75, 3.05) is 7.11 Å². The van der Waals surface area contributed by atoms with Gasteiger partial charge in [-0.05, 0) is 35.7 Å². The number of benzene rings is 2. The van der Waals surface area contributed by atoms with E-state index < -0.39 is 12.0 Å². The number of aromatic nitrogens is 1. The van der Waals surface area contributed by atoms with Gasteiger partial charge in [0.25, 0.3) is 0 Å². The maximum Gasteiger partial charge on any atom is 0.329 e. The molecule has 0 bridgehead atoms. The van der Waals surface area contributed by atoms with Crippen LogP contribution in [0.5, 0.6) is 5.75 Å². The highest BCUT2D eigenvalue weighted by molar-refractivity contribution is 5.85. The molecule has 3 rings (SSSR count). The lowest BCUT2D eigenvalue weighted by molar-refractivity contribution is -0.150. The molecule has 2 aromatic carbocycles. The fourth-order valence-corrected chi connectivity index (χ4v) is 2.98. The average molecular weight is 422 g/mol. The van der Waals surface area contributed by atoms with Crippen LogP contribution in [0.4, 0.5) is 0 Å². The third kappa shape index (κ3) is 6.18. The second-order valence-corrected chi connectivity index (χ2v) is 7.43. The minimum absolute atomic E-state index is 0.0454. The number of esters is 1. The number of ether oxygens (including phenoxy) is 2. The van der Waals surface area contributed by atoms with Crippen molar-refractivity contribution in [1.29, 1.82) is 0 Å². The van der Waals surface area contributed by atoms with Crippen molar-refractivity contribution in [1.82, 2.24) is 10.3 Å². The first-order valence-corrected chi connectivity index (χ1v) is 10.0. The third-order valence-corrected chi connectivity index (χ3v) is 4.70. The molecule has 1 amide bonds. The van der Waals surface area contributed by atoms with Crippen LogP contribution in [0.2, 0.25) is 0 Å². The number of carbonyl (C=O) groups excluding carboxylic acids is 2. The molecule has 0 saturated heterocycles. The first kappa shape index (κ1) is 22.1. The maximum absolute atomic E-state index is 12.6. The van der Waals surface area contributed by atoms with E-state index in [1.54, 1.807) is 7.11 Å². The van der Waals surface area contributed by atoms with Crippen LogP contribution in [0.1, 0.15) is 25.1 Å². The van der Waals surface area contributed by atoms with E-state index in [9.17, 15) is 9.59 Å². The molecule has 0 unspecified atom stereocenters. The highest BCUT2D eigenvalue weighted by Gasteiger charge is 2.26. The van der Waals surface area contributed by atoms with E-state index in [4.69, 9.17) is 13.9 Å². The van der Waals surface area contributed by atoms with Crippen molar-refractivity contribution in [3.05, 3.63) is 72.1 Å². The summed E-state index contributed by atoms with van der Waals surface area (Å²) in [7, 11) is 1.60. The number of hydrogen-bond acceptors (Lipinski definition) is 6. The number of nitrogens with zero attached hydrogens (tertiary/aromatic N) is 1. The van der Waals surface area contributed by atoms with Gasteiger partial charge in [0.05, 0.1) is 13.5 Å². The van der Waals surface area contributed by atoms with Crippen LogP contribution in [0, 0.1) is 5.92 Å². The zero-order valence-corrected chi connectivity index (χ0v) is 17.8. The first-order valence-electron chi connectivity index (χ1n) is 10.0. The molecule has 0 saturated carbocycles. The fraction of sp³-hybridized carbons (Fsp3) is 0.292. The molecule has 0 aliphatic carbocycles. The van der Waals surface area contributed by atoms with Gasteiger partial charge in [0.2, 0.25) is 11.8 Å². The molecule has 0 fully saturated rings. The summed E-state index contributed by atoms with van der Waals surface area (Å²) in [5.41, 5.74) is 2.15. The van der Waals surface area contributed by atoms with Crippen molar-refractivity contribution >= 4 is 11.9 Å². The van der Waals surface area contributed by atoms with Crippen LogP contribution in [-0.4, -0.2) is 30.0 Å². The molecule has 1 aromatic heterocycles. The summed E-state index contributed by atoms with van der Waals surface area (Å²) in [6.07, 6.45) is 1.65. The monoisotopic (exact) mass is 422 g/mol. The summed E-state index contributed by atoms with van der Waals surface area (Å²) in [5, 5.41) is 2.77. The molecule has 31 heavy (non-hydrogen) atoms. The van der Waals surface area contributed by atoms with E-state index in [1.165, 1.54) is 6.26 Å². The number of methoxy groups -OCH3 is 1. The lowest BCUT2D eigenvalue weighted by Crippen LogP contribution is -2.45. The topological polar surface area (TPSA) is 90.7 Å². The van der Waals surface area contributed by atoms with Gasteiger partial charge in [-0.3, -0.25) is 4.79 Å². The molecule has 0 aliphatic heterocycles. The minimum atomic E-state index is -0.746. The molecule has 7 nitrogen and oxygen atoms in total. The summed E-state index contributed by atoms with van der Waals surface area (Å²) in [4.78, 5) is 29.3. The van der Waals surface area contributed by atoms with Crippen LogP contribution in [0.15, 0.2) is 65.3 Å². The Bertz CT molecular complexity index is 996. The smallest absolute Gasteiger partial charge is 0.329 e. The van der Waals surface area contributed by atoms with Crippen molar-refractivity contribution in [3.63, 3.8) is 0 Å². The van der Waals surface area contributed by atoms with E-state index >= 15 is 0 Å². The highest BCUT2D eigenvalue weighted by atomic mass is 16.5. The highest BCUT2D eigenvalue weighted by Crippen LogP contribution is 2.22. The van der Waals surface area contributed by atoms with Gasteiger partial charge in [-0.2, -0.15) is 0 Å². The van der Waals surface area contributed by atoms with Crippen molar-refractivity contribution in [2.24, 2.45) is 5.92 Å². The zero-order valence-electron chi connectivity index (χ0n) is 17.8. The molecule has 3 aromatic rings. The van der Waals surface area contributed by atoms with Gasteiger partial charge in [0.15, 0.2) is 0 Å². The Balaban J connectivity index is 1.56. The summed E-state index contributed by atoms with van der Waals surface area (Å²) in [6.45, 7) is 3.66. The standard InChI is InChI=1S/C24H26N2O5/c1-16(2)22(26-21(27)13-17-7-5-4-6-8-17)24(28)31-15-19-14-30-23(25-19)18-9-11-20(29-3)12-10-18/h4-12,14,16,22H,13,15H2,1-3H3,(H,26,27)/t22-/m0/s1. The quantitative estimate of drug-likeness (QED) is 0.528. The number of hydrogen-bond donors (Lipinski definition) is 1. The summed E-state index contributed by atoms with van der Waals surface area (Å²) >= 11 is 0. The van der Waals surface area contributed by atoms with Gasteiger partial charge in [0, 0.05) is 5.56 Å². The number of carbonyl (C=O) groups is 2. The van der Waals surface area contributed by atoms with E-state index in [0.717, 1.165) is 16.9 Å². The van der Waals surface area contributed by atoms with Gasteiger partial charge in [0.1, 0.15) is 30.4 Å². The molecule has 7 heteroatoms. The SMILES string of the molecule is COc1ccc(-c2nc(COC(=O)[C@@H](NC(=O)Cc3ccccc3)C(C)C)co2)cc1. The van der Waals surface area contributed by atoms with Crippen LogP contribution in [0.3, 0.4) is 0 Å². The molecule has 1 atom stereocenters. The average Bonchev–Trinajstić information content (AvgIpc) is 3.25. The Morgan fingerprint density at radius 1 is 1.06 bits per heavy atom. The second kappa shape index (κ2) is 10.4. The molecule has 0 radical (unpaired) electrons. The normalized spacial score (nSPS) is 11.7. The molecular weight excluding hydrogens is 396 g/mol. The van der Waals surface area contributed by atoms with Crippen molar-refractivity contribution in [2.45, 2.75) is 32.9 Å². The van der Waals surface area contributed by atoms with E-state index in [-0.39, 0.29) is 24.9 Å². The Morgan fingerprint density at radius 3 is 2.42 bits per heavy atom. The summed E-state index contributed by atoms with van der Waals surface area (Å²) < 4.78 is 16.0. The van der Waals surface area contributed by atoms with E-state index in [2.05, 4.69) is 10.3 Å². The Hall–Kier alpha value is -3.61. The minimum Gasteiger partial charge on any atom is -0.497 e. The van der Waals surface area contributed by atoms with E-state index in [0.29, 0.717) is 11.6 Å². The Kier molecular flexibility index (Phi) is 7.43. The van der Waals surface area contributed by atoms with Gasteiger partial charge in [-0.25, -0.2) is 9.78 Å². The van der Waals surface area contributed by atoms with Crippen LogP contribution in [-0.2, 0) is 27.4 Å². The Morgan fingerprint density at radius 2 is 1.77 bits per heavy atom. The Labute approximate surface area is 181 Å². The summed E-state index contributed by atoms with van der Waals surface area (Å²) in [6, 6.07) is 15.9. The number of rotatable bonds is 9. The van der Waals surface area contributed by atoms with E-state index in [1.807, 2.05) is 68.4 Å². The lowest BCUT2D eigenvalue weighted by Gasteiger charge is -2.20. The lowest BCUT2D eigenvalue weighted by atomic mass is 10.0. The van der Waals surface area contributed by atoms with Crippen molar-refractivity contribution in [3.8, 4) is 17.2 Å². The van der Waals surface area contributed by atoms with Crippen molar-refractivity contribution < 1.29 is 23.5 Å². The molecule has 1 N–H and O–H groups in total. The number of nitrogens with one attached hydrogen (secondary N) is 1. The van der Waals surface area contributed by atoms with Gasteiger partial charge in [-0.1, -0.05) is 44.2 Å². The zero-order chi connectivity index (χ0) is 22.2. The van der Waals surface area contributed by atoms with Gasteiger partial charge < -0.3 is 19.2 Å². The van der Waals surface area contributed by atoms with Crippen LogP contribution < -0.4 is 10.1 Å². The fourth-order valence-electron chi connectivity index (χ4n) is 2.98. The third-order valence-electron chi connectivity index (χ3n) is 4.70. The molecular formula is C24H26N2O5.